The number of hydrogen-bond donors (Lipinski definition) is 1. The minimum Gasteiger partial charge on any atom is -0.316 e. The van der Waals surface area contributed by atoms with E-state index in [1.54, 1.807) is 0 Å². The van der Waals surface area contributed by atoms with E-state index in [-0.39, 0.29) is 0 Å². The van der Waals surface area contributed by atoms with E-state index in [4.69, 9.17) is 0 Å². The van der Waals surface area contributed by atoms with Crippen LogP contribution in [0.5, 0.6) is 0 Å². The first-order chi connectivity index (χ1) is 7.83. The lowest BCUT2D eigenvalue weighted by Crippen LogP contribution is -2.07. The third-order valence-electron chi connectivity index (χ3n) is 2.79. The highest BCUT2D eigenvalue weighted by Crippen LogP contribution is 2.27. The number of nitrogens with one attached hydrogen (secondary N) is 1. The first-order valence-electron chi connectivity index (χ1n) is 5.61. The van der Waals surface area contributed by atoms with Gasteiger partial charge in [-0.2, -0.15) is 0 Å². The molecule has 1 nitrogen and oxygen atoms in total. The molecule has 16 heavy (non-hydrogen) atoms. The average molecular weight is 211 g/mol. The Hall–Kier alpha value is -1.60. The van der Waals surface area contributed by atoms with Crippen molar-refractivity contribution in [3.05, 3.63) is 59.7 Å². The molecule has 0 aliphatic rings. The van der Waals surface area contributed by atoms with E-state index in [2.05, 4.69) is 60.8 Å². The fourth-order valence-corrected chi connectivity index (χ4v) is 2.08. The molecular formula is C15H17N. The molecule has 0 atom stereocenters. The minimum atomic E-state index is 0.909. The molecular weight excluding hydrogens is 194 g/mol. The second kappa shape index (κ2) is 4.95. The second-order valence-electron chi connectivity index (χ2n) is 4.01. The van der Waals surface area contributed by atoms with Crippen LogP contribution in [0, 0.1) is 6.92 Å². The van der Waals surface area contributed by atoms with Gasteiger partial charge in [-0.3, -0.25) is 0 Å². The fourth-order valence-electron chi connectivity index (χ4n) is 2.08. The molecule has 0 radical (unpaired) electrons. The summed E-state index contributed by atoms with van der Waals surface area (Å²) in [5.74, 6) is 0. The molecule has 2 aromatic carbocycles. The third kappa shape index (κ3) is 2.15. The SMILES string of the molecule is CNCc1cccc(C)c1-c1ccccc1. The van der Waals surface area contributed by atoms with Gasteiger partial charge in [0.2, 0.25) is 0 Å². The van der Waals surface area contributed by atoms with Gasteiger partial charge in [0.05, 0.1) is 0 Å². The highest BCUT2D eigenvalue weighted by Gasteiger charge is 2.06. The molecule has 82 valence electrons. The van der Waals surface area contributed by atoms with Crippen LogP contribution >= 0.6 is 0 Å². The Kier molecular flexibility index (Phi) is 3.37. The van der Waals surface area contributed by atoms with E-state index in [9.17, 15) is 0 Å². The lowest BCUT2D eigenvalue weighted by atomic mass is 9.95. The van der Waals surface area contributed by atoms with E-state index >= 15 is 0 Å². The quantitative estimate of drug-likeness (QED) is 0.820. The van der Waals surface area contributed by atoms with Gasteiger partial charge in [-0.15, -0.1) is 0 Å². The van der Waals surface area contributed by atoms with E-state index in [1.165, 1.54) is 22.3 Å². The molecule has 1 heteroatoms. The van der Waals surface area contributed by atoms with Crippen LogP contribution in [0.2, 0.25) is 0 Å². The highest BCUT2D eigenvalue weighted by molar-refractivity contribution is 5.70. The second-order valence-corrected chi connectivity index (χ2v) is 4.01. The van der Waals surface area contributed by atoms with Crippen molar-refractivity contribution in [2.24, 2.45) is 0 Å². The van der Waals surface area contributed by atoms with Crippen LogP contribution < -0.4 is 5.32 Å². The molecule has 0 spiro atoms. The molecule has 0 unspecified atom stereocenters. The first kappa shape index (κ1) is 10.9. The monoisotopic (exact) mass is 211 g/mol. The molecule has 2 aromatic rings. The lowest BCUT2D eigenvalue weighted by Gasteiger charge is -2.12. The number of aryl methyl sites for hydroxylation is 1. The molecule has 0 aliphatic carbocycles. The predicted octanol–water partition coefficient (Wildman–Crippen LogP) is 3.38. The van der Waals surface area contributed by atoms with Gasteiger partial charge in [0.25, 0.3) is 0 Å². The van der Waals surface area contributed by atoms with Gasteiger partial charge in [0.15, 0.2) is 0 Å². The number of benzene rings is 2. The Bertz CT molecular complexity index is 460. The van der Waals surface area contributed by atoms with Crippen LogP contribution in [0.1, 0.15) is 11.1 Å². The molecule has 0 bridgehead atoms. The van der Waals surface area contributed by atoms with Crippen LogP contribution in [0.3, 0.4) is 0 Å². The van der Waals surface area contributed by atoms with E-state index in [0.29, 0.717) is 0 Å². The summed E-state index contributed by atoms with van der Waals surface area (Å²) < 4.78 is 0. The first-order valence-corrected chi connectivity index (χ1v) is 5.61. The van der Waals surface area contributed by atoms with Crippen LogP contribution in [0.4, 0.5) is 0 Å². The Morgan fingerprint density at radius 3 is 2.38 bits per heavy atom. The Morgan fingerprint density at radius 2 is 1.69 bits per heavy atom. The summed E-state index contributed by atoms with van der Waals surface area (Å²) >= 11 is 0. The lowest BCUT2D eigenvalue weighted by molar-refractivity contribution is 0.818. The average Bonchev–Trinajstić information content (AvgIpc) is 2.31. The number of hydrogen-bond acceptors (Lipinski definition) is 1. The Balaban J connectivity index is 2.54. The molecule has 0 aromatic heterocycles. The minimum absolute atomic E-state index is 0.909. The van der Waals surface area contributed by atoms with Crippen molar-refractivity contribution in [2.45, 2.75) is 13.5 Å². The molecule has 0 aliphatic heterocycles. The highest BCUT2D eigenvalue weighted by atomic mass is 14.8. The zero-order valence-corrected chi connectivity index (χ0v) is 9.83. The zero-order valence-electron chi connectivity index (χ0n) is 9.83. The summed E-state index contributed by atoms with van der Waals surface area (Å²) in [6, 6.07) is 17.0. The summed E-state index contributed by atoms with van der Waals surface area (Å²) in [5.41, 5.74) is 5.34. The van der Waals surface area contributed by atoms with Crippen molar-refractivity contribution in [3.63, 3.8) is 0 Å². The van der Waals surface area contributed by atoms with Crippen molar-refractivity contribution < 1.29 is 0 Å². The molecule has 0 saturated heterocycles. The van der Waals surface area contributed by atoms with E-state index in [1.807, 2.05) is 7.05 Å². The smallest absolute Gasteiger partial charge is 0.0208 e. The standard InChI is InChI=1S/C15H17N/c1-12-7-6-10-14(11-16-2)15(12)13-8-4-3-5-9-13/h3-10,16H,11H2,1-2H3. The van der Waals surface area contributed by atoms with Gasteiger partial charge < -0.3 is 5.32 Å². The summed E-state index contributed by atoms with van der Waals surface area (Å²) in [7, 11) is 1.98. The normalized spacial score (nSPS) is 10.4. The maximum absolute atomic E-state index is 3.22. The molecule has 0 heterocycles. The fraction of sp³-hybridized carbons (Fsp3) is 0.200. The Labute approximate surface area is 97.1 Å². The van der Waals surface area contributed by atoms with Crippen LogP contribution in [-0.2, 0) is 6.54 Å². The van der Waals surface area contributed by atoms with Crippen molar-refractivity contribution in [1.82, 2.24) is 5.32 Å². The van der Waals surface area contributed by atoms with Gasteiger partial charge in [0.1, 0.15) is 0 Å². The van der Waals surface area contributed by atoms with Crippen molar-refractivity contribution in [2.75, 3.05) is 7.05 Å². The maximum atomic E-state index is 3.22. The van der Waals surface area contributed by atoms with Crippen molar-refractivity contribution in [3.8, 4) is 11.1 Å². The van der Waals surface area contributed by atoms with Crippen molar-refractivity contribution >= 4 is 0 Å². The molecule has 0 saturated carbocycles. The maximum Gasteiger partial charge on any atom is 0.0208 e. The molecule has 2 rings (SSSR count). The molecule has 0 amide bonds. The molecule has 1 N–H and O–H groups in total. The summed E-state index contributed by atoms with van der Waals surface area (Å²) in [4.78, 5) is 0. The topological polar surface area (TPSA) is 12.0 Å². The van der Waals surface area contributed by atoms with Crippen LogP contribution in [0.25, 0.3) is 11.1 Å². The number of rotatable bonds is 3. The summed E-state index contributed by atoms with van der Waals surface area (Å²) in [5, 5.41) is 3.22. The van der Waals surface area contributed by atoms with Gasteiger partial charge in [-0.1, -0.05) is 48.5 Å². The molecule has 0 fully saturated rings. The largest absolute Gasteiger partial charge is 0.316 e. The third-order valence-corrected chi connectivity index (χ3v) is 2.79. The van der Waals surface area contributed by atoms with E-state index < -0.39 is 0 Å². The predicted molar refractivity (Wildman–Crippen MR) is 69.4 cm³/mol. The summed E-state index contributed by atoms with van der Waals surface area (Å²) in [6.07, 6.45) is 0. The van der Waals surface area contributed by atoms with Gasteiger partial charge in [-0.05, 0) is 36.2 Å². The van der Waals surface area contributed by atoms with Gasteiger partial charge in [0, 0.05) is 6.54 Å². The Morgan fingerprint density at radius 1 is 0.938 bits per heavy atom. The van der Waals surface area contributed by atoms with Crippen LogP contribution in [-0.4, -0.2) is 7.05 Å². The summed E-state index contributed by atoms with van der Waals surface area (Å²) in [6.45, 7) is 3.08. The van der Waals surface area contributed by atoms with Gasteiger partial charge >= 0.3 is 0 Å². The van der Waals surface area contributed by atoms with Crippen molar-refractivity contribution in [1.29, 1.82) is 0 Å². The van der Waals surface area contributed by atoms with Crippen LogP contribution in [0.15, 0.2) is 48.5 Å². The van der Waals surface area contributed by atoms with Gasteiger partial charge in [-0.25, -0.2) is 0 Å². The zero-order chi connectivity index (χ0) is 11.4. The van der Waals surface area contributed by atoms with E-state index in [0.717, 1.165) is 6.54 Å².